The fraction of sp³-hybridized carbons (Fsp3) is 0.364. The normalized spacial score (nSPS) is 11.8. The molecule has 1 unspecified atom stereocenters. The van der Waals surface area contributed by atoms with Gasteiger partial charge in [0.1, 0.15) is 16.9 Å². The van der Waals surface area contributed by atoms with E-state index in [9.17, 15) is 9.59 Å². The minimum Gasteiger partial charge on any atom is -0.355 e. The van der Waals surface area contributed by atoms with Gasteiger partial charge < -0.3 is 10.6 Å². The van der Waals surface area contributed by atoms with Gasteiger partial charge in [-0.25, -0.2) is 4.98 Å². The fourth-order valence-corrected chi connectivity index (χ4v) is 1.57. The molecule has 0 aliphatic carbocycles. The lowest BCUT2D eigenvalue weighted by Crippen LogP contribution is -2.45. The van der Waals surface area contributed by atoms with E-state index in [0.29, 0.717) is 6.54 Å². The van der Waals surface area contributed by atoms with E-state index < -0.39 is 11.9 Å². The second-order valence-electron chi connectivity index (χ2n) is 3.55. The molecule has 1 atom stereocenters. The zero-order valence-corrected chi connectivity index (χ0v) is 11.5. The Labute approximate surface area is 115 Å². The lowest BCUT2D eigenvalue weighted by molar-refractivity contribution is -0.122. The molecule has 0 radical (unpaired) electrons. The summed E-state index contributed by atoms with van der Waals surface area (Å²) < 4.78 is 0. The number of likely N-dealkylation sites (N-methyl/N-ethyl adjacent to an activating group) is 1. The van der Waals surface area contributed by atoms with Gasteiger partial charge in [-0.1, -0.05) is 23.2 Å². The van der Waals surface area contributed by atoms with Gasteiger partial charge >= 0.3 is 0 Å². The molecule has 0 aliphatic heterocycles. The Morgan fingerprint density at radius 1 is 1.39 bits per heavy atom. The quantitative estimate of drug-likeness (QED) is 0.828. The predicted molar refractivity (Wildman–Crippen MR) is 69.9 cm³/mol. The first kappa shape index (κ1) is 14.7. The van der Waals surface area contributed by atoms with Crippen LogP contribution in [0.4, 0.5) is 0 Å². The minimum atomic E-state index is -0.672. The number of pyridine rings is 1. The molecule has 1 rings (SSSR count). The summed E-state index contributed by atoms with van der Waals surface area (Å²) in [7, 11) is 0. The number of nitrogens with one attached hydrogen (secondary N) is 2. The maximum Gasteiger partial charge on any atom is 0.272 e. The van der Waals surface area contributed by atoms with E-state index in [-0.39, 0.29) is 21.8 Å². The van der Waals surface area contributed by atoms with Gasteiger partial charge in [-0.2, -0.15) is 0 Å². The monoisotopic (exact) mass is 289 g/mol. The highest BCUT2D eigenvalue weighted by Gasteiger charge is 2.19. The van der Waals surface area contributed by atoms with Crippen LogP contribution in [0, 0.1) is 0 Å². The molecule has 0 bridgehead atoms. The molecule has 1 aromatic heterocycles. The van der Waals surface area contributed by atoms with Crippen molar-refractivity contribution in [1.82, 2.24) is 15.6 Å². The highest BCUT2D eigenvalue weighted by molar-refractivity contribution is 6.34. The summed E-state index contributed by atoms with van der Waals surface area (Å²) in [6, 6.07) is 2.28. The molecule has 2 N–H and O–H groups in total. The number of rotatable bonds is 4. The van der Waals surface area contributed by atoms with Crippen molar-refractivity contribution in [1.29, 1.82) is 0 Å². The van der Waals surface area contributed by atoms with Gasteiger partial charge in [0, 0.05) is 6.54 Å². The summed E-state index contributed by atoms with van der Waals surface area (Å²) in [5.41, 5.74) is 0.000292. The van der Waals surface area contributed by atoms with Crippen molar-refractivity contribution in [3.05, 3.63) is 28.0 Å². The smallest absolute Gasteiger partial charge is 0.272 e. The van der Waals surface area contributed by atoms with Crippen LogP contribution in [0.3, 0.4) is 0 Å². The van der Waals surface area contributed by atoms with Crippen molar-refractivity contribution >= 4 is 35.0 Å². The van der Waals surface area contributed by atoms with E-state index in [2.05, 4.69) is 15.6 Å². The first-order valence-electron chi connectivity index (χ1n) is 5.36. The highest BCUT2D eigenvalue weighted by Crippen LogP contribution is 2.16. The second-order valence-corrected chi connectivity index (χ2v) is 4.35. The van der Waals surface area contributed by atoms with E-state index in [0.717, 1.165) is 0 Å². The molecule has 0 spiro atoms. The van der Waals surface area contributed by atoms with E-state index in [1.54, 1.807) is 13.8 Å². The van der Waals surface area contributed by atoms with Crippen molar-refractivity contribution < 1.29 is 9.59 Å². The van der Waals surface area contributed by atoms with Crippen molar-refractivity contribution in [2.24, 2.45) is 0 Å². The number of hydrogen-bond acceptors (Lipinski definition) is 3. The van der Waals surface area contributed by atoms with Crippen LogP contribution in [0.5, 0.6) is 0 Å². The molecule has 7 heteroatoms. The number of carbonyl (C=O) groups excluding carboxylic acids is 2. The summed E-state index contributed by atoms with van der Waals surface area (Å²) in [6.07, 6.45) is 0. The van der Waals surface area contributed by atoms with Crippen LogP contribution in [0.1, 0.15) is 24.3 Å². The topological polar surface area (TPSA) is 71.1 Å². The molecule has 2 amide bonds. The number of aromatic nitrogens is 1. The maximum absolute atomic E-state index is 11.8. The minimum absolute atomic E-state index is 0.000292. The molecule has 0 saturated carbocycles. The Bertz CT molecular complexity index is 466. The van der Waals surface area contributed by atoms with E-state index in [1.165, 1.54) is 12.1 Å². The summed E-state index contributed by atoms with van der Waals surface area (Å²) in [5, 5.41) is 5.43. The predicted octanol–water partition coefficient (Wildman–Crippen LogP) is 1.64. The van der Waals surface area contributed by atoms with Crippen LogP contribution in [0.2, 0.25) is 10.2 Å². The third kappa shape index (κ3) is 3.85. The van der Waals surface area contributed by atoms with Crippen molar-refractivity contribution in [3.8, 4) is 0 Å². The molecular weight excluding hydrogens is 277 g/mol. The molecule has 98 valence electrons. The first-order valence-corrected chi connectivity index (χ1v) is 6.12. The lowest BCUT2D eigenvalue weighted by atomic mass is 10.2. The maximum atomic E-state index is 11.8. The first-order chi connectivity index (χ1) is 8.45. The van der Waals surface area contributed by atoms with Gasteiger partial charge in [-0.3, -0.25) is 9.59 Å². The average molecular weight is 290 g/mol. The third-order valence-corrected chi connectivity index (χ3v) is 2.63. The molecule has 0 saturated heterocycles. The SMILES string of the molecule is CCNC(=O)C(C)NC(=O)c1nc(Cl)ccc1Cl. The standard InChI is InChI=1S/C11H13Cl2N3O2/c1-3-14-10(17)6(2)15-11(18)9-7(12)4-5-8(13)16-9/h4-6H,3H2,1-2H3,(H,14,17)(H,15,18). The Balaban J connectivity index is 2.76. The number of amides is 2. The van der Waals surface area contributed by atoms with Crippen LogP contribution in [0.25, 0.3) is 0 Å². The largest absolute Gasteiger partial charge is 0.355 e. The Morgan fingerprint density at radius 3 is 2.67 bits per heavy atom. The zero-order chi connectivity index (χ0) is 13.7. The van der Waals surface area contributed by atoms with Gasteiger partial charge in [0.15, 0.2) is 0 Å². The van der Waals surface area contributed by atoms with Crippen LogP contribution in [-0.4, -0.2) is 29.4 Å². The van der Waals surface area contributed by atoms with Gasteiger partial charge in [0.25, 0.3) is 5.91 Å². The molecule has 0 aliphatic rings. The Morgan fingerprint density at radius 2 is 2.06 bits per heavy atom. The molecule has 1 heterocycles. The zero-order valence-electron chi connectivity index (χ0n) is 9.96. The number of nitrogens with zero attached hydrogens (tertiary/aromatic N) is 1. The Hall–Kier alpha value is -1.33. The van der Waals surface area contributed by atoms with Crippen LogP contribution in [-0.2, 0) is 4.79 Å². The molecule has 1 aromatic rings. The van der Waals surface area contributed by atoms with Gasteiger partial charge in [0.2, 0.25) is 5.91 Å². The fourth-order valence-electron chi connectivity index (χ4n) is 1.24. The van der Waals surface area contributed by atoms with Gasteiger partial charge in [-0.15, -0.1) is 0 Å². The summed E-state index contributed by atoms with van der Waals surface area (Å²) in [4.78, 5) is 27.1. The number of halogens is 2. The van der Waals surface area contributed by atoms with Crippen LogP contribution < -0.4 is 10.6 Å². The average Bonchev–Trinajstić information content (AvgIpc) is 2.32. The Kier molecular flexibility index (Phi) is 5.37. The number of carbonyl (C=O) groups is 2. The van der Waals surface area contributed by atoms with E-state index >= 15 is 0 Å². The van der Waals surface area contributed by atoms with Crippen molar-refractivity contribution in [3.63, 3.8) is 0 Å². The highest BCUT2D eigenvalue weighted by atomic mass is 35.5. The second kappa shape index (κ2) is 6.56. The molecule has 0 fully saturated rings. The third-order valence-electron chi connectivity index (χ3n) is 2.12. The van der Waals surface area contributed by atoms with Crippen molar-refractivity contribution in [2.45, 2.75) is 19.9 Å². The van der Waals surface area contributed by atoms with Gasteiger partial charge in [0.05, 0.1) is 5.02 Å². The van der Waals surface area contributed by atoms with Gasteiger partial charge in [-0.05, 0) is 26.0 Å². The van der Waals surface area contributed by atoms with Crippen LogP contribution >= 0.6 is 23.2 Å². The number of hydrogen-bond donors (Lipinski definition) is 2. The molecule has 5 nitrogen and oxygen atoms in total. The van der Waals surface area contributed by atoms with Crippen LogP contribution in [0.15, 0.2) is 12.1 Å². The molecule has 18 heavy (non-hydrogen) atoms. The summed E-state index contributed by atoms with van der Waals surface area (Å²) >= 11 is 11.5. The van der Waals surface area contributed by atoms with E-state index in [1.807, 2.05) is 0 Å². The lowest BCUT2D eigenvalue weighted by Gasteiger charge is -2.13. The molecule has 0 aromatic carbocycles. The summed E-state index contributed by atoms with van der Waals surface area (Å²) in [6.45, 7) is 3.86. The summed E-state index contributed by atoms with van der Waals surface area (Å²) in [5.74, 6) is -0.815. The van der Waals surface area contributed by atoms with E-state index in [4.69, 9.17) is 23.2 Å². The molecular formula is C11H13Cl2N3O2. The van der Waals surface area contributed by atoms with Crippen molar-refractivity contribution in [2.75, 3.05) is 6.54 Å².